The Balaban J connectivity index is 1.99. The molecule has 0 spiro atoms. The van der Waals surface area contributed by atoms with Crippen LogP contribution in [-0.2, 0) is 11.3 Å². The summed E-state index contributed by atoms with van der Waals surface area (Å²) in [4.78, 5) is 29.2. The van der Waals surface area contributed by atoms with Gasteiger partial charge in [0.25, 0.3) is 11.8 Å². The molecule has 0 radical (unpaired) electrons. The maximum atomic E-state index is 12.1. The first kappa shape index (κ1) is 16.9. The molecule has 2 amide bonds. The normalized spacial score (nSPS) is 10.2. The standard InChI is InChI=1S/C15H18N4O3S/c1-19(2)14(20)8-22-11-5-3-4-10(6-11)17-15(21)12-9-23-13(7-16)18-12/h3-6,9H,7-8,16H2,1-2H3,(H,17,21). The van der Waals surface area contributed by atoms with E-state index in [1.54, 1.807) is 43.7 Å². The fourth-order valence-electron chi connectivity index (χ4n) is 1.64. The Morgan fingerprint density at radius 3 is 2.83 bits per heavy atom. The largest absolute Gasteiger partial charge is 0.484 e. The summed E-state index contributed by atoms with van der Waals surface area (Å²) >= 11 is 1.34. The number of benzene rings is 1. The number of carbonyl (C=O) groups excluding carboxylic acids is 2. The van der Waals surface area contributed by atoms with Gasteiger partial charge in [-0.15, -0.1) is 11.3 Å². The molecule has 0 unspecified atom stereocenters. The van der Waals surface area contributed by atoms with Gasteiger partial charge in [0.1, 0.15) is 16.5 Å². The highest BCUT2D eigenvalue weighted by molar-refractivity contribution is 7.09. The number of anilines is 1. The second-order valence-corrected chi connectivity index (χ2v) is 5.83. The van der Waals surface area contributed by atoms with E-state index < -0.39 is 0 Å². The van der Waals surface area contributed by atoms with Crippen molar-refractivity contribution in [3.8, 4) is 5.75 Å². The molecule has 0 saturated heterocycles. The zero-order valence-corrected chi connectivity index (χ0v) is 13.7. The summed E-state index contributed by atoms with van der Waals surface area (Å²) in [7, 11) is 3.32. The van der Waals surface area contributed by atoms with Gasteiger partial charge in [0.05, 0.1) is 0 Å². The van der Waals surface area contributed by atoms with E-state index in [0.717, 1.165) is 0 Å². The summed E-state index contributed by atoms with van der Waals surface area (Å²) < 4.78 is 5.41. The van der Waals surface area contributed by atoms with E-state index >= 15 is 0 Å². The highest BCUT2D eigenvalue weighted by atomic mass is 32.1. The molecule has 3 N–H and O–H groups in total. The van der Waals surface area contributed by atoms with Crippen LogP contribution in [0.3, 0.4) is 0 Å². The van der Waals surface area contributed by atoms with Crippen molar-refractivity contribution >= 4 is 28.8 Å². The lowest BCUT2D eigenvalue weighted by molar-refractivity contribution is -0.130. The number of amides is 2. The zero-order valence-electron chi connectivity index (χ0n) is 12.9. The average molecular weight is 334 g/mol. The Hall–Kier alpha value is -2.45. The van der Waals surface area contributed by atoms with Crippen LogP contribution in [0, 0.1) is 0 Å². The highest BCUT2D eigenvalue weighted by Crippen LogP contribution is 2.18. The van der Waals surface area contributed by atoms with Crippen LogP contribution in [0.4, 0.5) is 5.69 Å². The zero-order chi connectivity index (χ0) is 16.8. The van der Waals surface area contributed by atoms with Gasteiger partial charge in [-0.1, -0.05) is 6.07 Å². The second kappa shape index (κ2) is 7.70. The van der Waals surface area contributed by atoms with E-state index in [-0.39, 0.29) is 18.4 Å². The molecular weight excluding hydrogens is 316 g/mol. The summed E-state index contributed by atoms with van der Waals surface area (Å²) in [6, 6.07) is 6.83. The molecule has 1 aromatic heterocycles. The quantitative estimate of drug-likeness (QED) is 0.830. The highest BCUT2D eigenvalue weighted by Gasteiger charge is 2.11. The molecular formula is C15H18N4O3S. The Morgan fingerprint density at radius 1 is 1.39 bits per heavy atom. The topological polar surface area (TPSA) is 97.5 Å². The molecule has 1 heterocycles. The molecule has 0 aliphatic heterocycles. The monoisotopic (exact) mass is 334 g/mol. The molecule has 122 valence electrons. The molecule has 2 rings (SSSR count). The lowest BCUT2D eigenvalue weighted by Gasteiger charge is -2.12. The van der Waals surface area contributed by atoms with Gasteiger partial charge in [0.2, 0.25) is 0 Å². The second-order valence-electron chi connectivity index (χ2n) is 4.89. The van der Waals surface area contributed by atoms with Crippen LogP contribution in [-0.4, -0.2) is 42.4 Å². The molecule has 0 bridgehead atoms. The van der Waals surface area contributed by atoms with Crippen molar-refractivity contribution in [1.82, 2.24) is 9.88 Å². The van der Waals surface area contributed by atoms with Crippen molar-refractivity contribution in [2.45, 2.75) is 6.54 Å². The third-order valence-electron chi connectivity index (χ3n) is 2.91. The maximum Gasteiger partial charge on any atom is 0.275 e. The number of carbonyl (C=O) groups is 2. The van der Waals surface area contributed by atoms with E-state index in [9.17, 15) is 9.59 Å². The Morgan fingerprint density at radius 2 is 2.17 bits per heavy atom. The van der Waals surface area contributed by atoms with Crippen LogP contribution in [0.15, 0.2) is 29.6 Å². The van der Waals surface area contributed by atoms with Crippen LogP contribution in [0.5, 0.6) is 5.75 Å². The number of nitrogens with one attached hydrogen (secondary N) is 1. The van der Waals surface area contributed by atoms with Gasteiger partial charge < -0.3 is 20.7 Å². The number of rotatable bonds is 6. The fraction of sp³-hybridized carbons (Fsp3) is 0.267. The Labute approximate surface area is 138 Å². The van der Waals surface area contributed by atoms with Crippen molar-refractivity contribution in [2.24, 2.45) is 5.73 Å². The Bertz CT molecular complexity index is 700. The minimum Gasteiger partial charge on any atom is -0.484 e. The van der Waals surface area contributed by atoms with Gasteiger partial charge in [-0.25, -0.2) is 4.98 Å². The lowest BCUT2D eigenvalue weighted by Crippen LogP contribution is -2.27. The van der Waals surface area contributed by atoms with Gasteiger partial charge >= 0.3 is 0 Å². The third-order valence-corrected chi connectivity index (χ3v) is 3.78. The number of hydrogen-bond acceptors (Lipinski definition) is 6. The molecule has 0 aliphatic carbocycles. The van der Waals surface area contributed by atoms with Crippen LogP contribution in [0.1, 0.15) is 15.5 Å². The minimum atomic E-state index is -0.317. The molecule has 1 aromatic carbocycles. The van der Waals surface area contributed by atoms with Crippen LogP contribution >= 0.6 is 11.3 Å². The van der Waals surface area contributed by atoms with E-state index in [0.29, 0.717) is 28.7 Å². The predicted octanol–water partition coefficient (Wildman–Crippen LogP) is 1.32. The number of nitrogens with two attached hydrogens (primary N) is 1. The molecule has 0 fully saturated rings. The molecule has 0 atom stereocenters. The summed E-state index contributed by atoms with van der Waals surface area (Å²) in [6.07, 6.45) is 0. The molecule has 7 nitrogen and oxygen atoms in total. The SMILES string of the molecule is CN(C)C(=O)COc1cccc(NC(=O)c2csc(CN)n2)c1. The average Bonchev–Trinajstić information content (AvgIpc) is 3.02. The minimum absolute atomic E-state index is 0.0592. The summed E-state index contributed by atoms with van der Waals surface area (Å²) in [5.41, 5.74) is 6.37. The molecule has 0 aliphatic rings. The van der Waals surface area contributed by atoms with E-state index in [1.165, 1.54) is 16.2 Å². The van der Waals surface area contributed by atoms with Crippen molar-refractivity contribution in [2.75, 3.05) is 26.0 Å². The fourth-order valence-corrected chi connectivity index (χ4v) is 2.30. The van der Waals surface area contributed by atoms with Gasteiger partial charge in [-0.3, -0.25) is 9.59 Å². The maximum absolute atomic E-state index is 12.1. The number of nitrogens with zero attached hydrogens (tertiary/aromatic N) is 2. The van der Waals surface area contributed by atoms with Gasteiger partial charge in [-0.05, 0) is 12.1 Å². The number of likely N-dealkylation sites (N-methyl/N-ethyl adjacent to an activating group) is 1. The van der Waals surface area contributed by atoms with Crippen molar-refractivity contribution < 1.29 is 14.3 Å². The number of ether oxygens (including phenoxy) is 1. The van der Waals surface area contributed by atoms with Crippen LogP contribution in [0.2, 0.25) is 0 Å². The van der Waals surface area contributed by atoms with Gasteiger partial charge in [0, 0.05) is 37.8 Å². The van der Waals surface area contributed by atoms with Crippen molar-refractivity contribution in [1.29, 1.82) is 0 Å². The lowest BCUT2D eigenvalue weighted by atomic mass is 10.3. The summed E-state index contributed by atoms with van der Waals surface area (Å²) in [5.74, 6) is 0.0395. The number of hydrogen-bond donors (Lipinski definition) is 2. The van der Waals surface area contributed by atoms with E-state index in [4.69, 9.17) is 10.5 Å². The van der Waals surface area contributed by atoms with Crippen LogP contribution in [0.25, 0.3) is 0 Å². The predicted molar refractivity (Wildman–Crippen MR) is 88.6 cm³/mol. The smallest absolute Gasteiger partial charge is 0.275 e. The molecule has 0 saturated carbocycles. The molecule has 23 heavy (non-hydrogen) atoms. The van der Waals surface area contributed by atoms with E-state index in [2.05, 4.69) is 10.3 Å². The first-order valence-corrected chi connectivity index (χ1v) is 7.76. The first-order chi connectivity index (χ1) is 11.0. The molecule has 2 aromatic rings. The third kappa shape index (κ3) is 4.76. The van der Waals surface area contributed by atoms with Gasteiger partial charge in [0.15, 0.2) is 6.61 Å². The Kier molecular flexibility index (Phi) is 5.67. The van der Waals surface area contributed by atoms with Crippen LogP contribution < -0.4 is 15.8 Å². The first-order valence-electron chi connectivity index (χ1n) is 6.88. The molecule has 8 heteroatoms. The number of aromatic nitrogens is 1. The van der Waals surface area contributed by atoms with Crippen molar-refractivity contribution in [3.63, 3.8) is 0 Å². The number of thiazole rings is 1. The van der Waals surface area contributed by atoms with Gasteiger partial charge in [-0.2, -0.15) is 0 Å². The summed E-state index contributed by atoms with van der Waals surface area (Å²) in [6.45, 7) is 0.248. The summed E-state index contributed by atoms with van der Waals surface area (Å²) in [5, 5.41) is 5.10. The van der Waals surface area contributed by atoms with Crippen molar-refractivity contribution in [3.05, 3.63) is 40.3 Å². The van der Waals surface area contributed by atoms with E-state index in [1.807, 2.05) is 0 Å².